The molecule has 22 heavy (non-hydrogen) atoms. The molecule has 1 aliphatic carbocycles. The third-order valence-electron chi connectivity index (χ3n) is 4.13. The van der Waals surface area contributed by atoms with E-state index >= 15 is 0 Å². The number of hydrogen-bond acceptors (Lipinski definition) is 3. The van der Waals surface area contributed by atoms with E-state index in [2.05, 4.69) is 6.20 Å². The van der Waals surface area contributed by atoms with Crippen molar-refractivity contribution in [1.29, 1.82) is 0 Å². The molecule has 0 saturated heterocycles. The second kappa shape index (κ2) is 6.77. The van der Waals surface area contributed by atoms with Crippen LogP contribution >= 0.6 is 0 Å². The van der Waals surface area contributed by atoms with Gasteiger partial charge in [-0.3, -0.25) is 4.79 Å². The molecule has 0 spiro atoms. The van der Waals surface area contributed by atoms with Crippen molar-refractivity contribution in [2.75, 3.05) is 7.11 Å². The summed E-state index contributed by atoms with van der Waals surface area (Å²) in [5.74, 6) is 0.332. The summed E-state index contributed by atoms with van der Waals surface area (Å²) in [6, 6.07) is 5.59. The Morgan fingerprint density at radius 1 is 1.32 bits per heavy atom. The molecular formula is C18H23NO3. The minimum Gasteiger partial charge on any atom is -0.465 e. The number of fused-ring (bicyclic) bond motifs is 1. The molecule has 1 saturated carbocycles. The smallest absolute Gasteiger partial charge is 0.337 e. The van der Waals surface area contributed by atoms with Gasteiger partial charge in [-0.1, -0.05) is 19.9 Å². The molecule has 2 aromatic rings. The van der Waals surface area contributed by atoms with Crippen LogP contribution in [0.25, 0.3) is 10.9 Å². The Hall–Kier alpha value is -2.10. The molecule has 0 aliphatic heterocycles. The second-order valence-corrected chi connectivity index (χ2v) is 5.40. The van der Waals surface area contributed by atoms with Crippen LogP contribution in [0.15, 0.2) is 24.4 Å². The van der Waals surface area contributed by atoms with Gasteiger partial charge >= 0.3 is 5.97 Å². The van der Waals surface area contributed by atoms with Gasteiger partial charge in [-0.05, 0) is 30.0 Å². The van der Waals surface area contributed by atoms with Crippen molar-refractivity contribution in [3.63, 3.8) is 0 Å². The maximum Gasteiger partial charge on any atom is 0.337 e. The van der Waals surface area contributed by atoms with E-state index < -0.39 is 0 Å². The average molecular weight is 301 g/mol. The zero-order valence-electron chi connectivity index (χ0n) is 13.7. The zero-order valence-corrected chi connectivity index (χ0v) is 13.7. The van der Waals surface area contributed by atoms with Crippen molar-refractivity contribution < 1.29 is 14.3 Å². The Morgan fingerprint density at radius 3 is 2.64 bits per heavy atom. The molecule has 118 valence electrons. The van der Waals surface area contributed by atoms with Gasteiger partial charge in [-0.25, -0.2) is 4.79 Å². The molecule has 0 amide bonds. The van der Waals surface area contributed by atoms with Gasteiger partial charge in [0.25, 0.3) is 0 Å². The summed E-state index contributed by atoms with van der Waals surface area (Å²) in [7, 11) is 3.34. The molecule has 3 rings (SSSR count). The number of methoxy groups -OCH3 is 1. The maximum atomic E-state index is 11.6. The number of Topliss-reactive ketones (excluding diaryl/α,β-unsaturated/α-hetero) is 1. The Balaban J connectivity index is 0.000000847. The molecule has 4 heteroatoms. The van der Waals surface area contributed by atoms with E-state index in [0.29, 0.717) is 30.1 Å². The highest BCUT2D eigenvalue weighted by Gasteiger charge is 2.26. The molecule has 1 atom stereocenters. The minimum atomic E-state index is -0.328. The number of esters is 1. The van der Waals surface area contributed by atoms with E-state index in [9.17, 15) is 9.59 Å². The molecule has 1 aliphatic rings. The van der Waals surface area contributed by atoms with Crippen LogP contribution < -0.4 is 0 Å². The van der Waals surface area contributed by atoms with Crippen LogP contribution in [-0.2, 0) is 16.6 Å². The van der Waals surface area contributed by atoms with Gasteiger partial charge in [0.15, 0.2) is 0 Å². The van der Waals surface area contributed by atoms with E-state index in [1.165, 1.54) is 12.7 Å². The van der Waals surface area contributed by atoms with Crippen molar-refractivity contribution >= 4 is 22.7 Å². The lowest BCUT2D eigenvalue weighted by molar-refractivity contribution is -0.117. The third kappa shape index (κ3) is 2.91. The van der Waals surface area contributed by atoms with Crippen LogP contribution in [0.3, 0.4) is 0 Å². The number of rotatable bonds is 2. The molecule has 0 bridgehead atoms. The summed E-state index contributed by atoms with van der Waals surface area (Å²) >= 11 is 0. The molecular weight excluding hydrogens is 278 g/mol. The normalized spacial score (nSPS) is 17.3. The Labute approximate surface area is 131 Å². The lowest BCUT2D eigenvalue weighted by atomic mass is 9.97. The van der Waals surface area contributed by atoms with Crippen LogP contribution in [0.1, 0.15) is 54.9 Å². The van der Waals surface area contributed by atoms with Crippen LogP contribution in [0.2, 0.25) is 0 Å². The topological polar surface area (TPSA) is 48.3 Å². The summed E-state index contributed by atoms with van der Waals surface area (Å²) in [6.07, 6.45) is 4.32. The number of nitrogens with zero attached hydrogens (tertiary/aromatic N) is 1. The minimum absolute atomic E-state index is 0.315. The fourth-order valence-electron chi connectivity index (χ4n) is 3.07. The fourth-order valence-corrected chi connectivity index (χ4v) is 3.07. The van der Waals surface area contributed by atoms with Crippen molar-refractivity contribution in [1.82, 2.24) is 4.57 Å². The lowest BCUT2D eigenvalue weighted by Crippen LogP contribution is -2.01. The summed E-state index contributed by atoms with van der Waals surface area (Å²) in [4.78, 5) is 23.1. The van der Waals surface area contributed by atoms with E-state index in [1.54, 1.807) is 6.07 Å². The highest BCUT2D eigenvalue weighted by atomic mass is 16.5. The van der Waals surface area contributed by atoms with Crippen LogP contribution in [0, 0.1) is 0 Å². The molecule has 4 nitrogen and oxygen atoms in total. The number of carbonyl (C=O) groups is 2. The van der Waals surface area contributed by atoms with Gasteiger partial charge < -0.3 is 9.30 Å². The monoisotopic (exact) mass is 301 g/mol. The van der Waals surface area contributed by atoms with E-state index in [-0.39, 0.29) is 5.97 Å². The van der Waals surface area contributed by atoms with Gasteiger partial charge in [0.05, 0.1) is 12.7 Å². The predicted octanol–water partition coefficient (Wildman–Crippen LogP) is 3.83. The molecule has 0 radical (unpaired) electrons. The van der Waals surface area contributed by atoms with Gasteiger partial charge in [-0.15, -0.1) is 0 Å². The summed E-state index contributed by atoms with van der Waals surface area (Å²) in [6.45, 7) is 4.00. The third-order valence-corrected chi connectivity index (χ3v) is 4.13. The summed E-state index contributed by atoms with van der Waals surface area (Å²) in [5.41, 5.74) is 2.77. The van der Waals surface area contributed by atoms with Gasteiger partial charge in [0, 0.05) is 37.0 Å². The highest BCUT2D eigenvalue weighted by molar-refractivity contribution is 5.96. The first-order chi connectivity index (χ1) is 10.6. The Bertz CT molecular complexity index is 700. The van der Waals surface area contributed by atoms with Crippen molar-refractivity contribution in [2.24, 2.45) is 7.05 Å². The van der Waals surface area contributed by atoms with Crippen LogP contribution in [-0.4, -0.2) is 23.4 Å². The first-order valence-electron chi connectivity index (χ1n) is 7.79. The summed E-state index contributed by atoms with van der Waals surface area (Å²) in [5, 5.41) is 1.12. The van der Waals surface area contributed by atoms with Gasteiger partial charge in [0.1, 0.15) is 5.78 Å². The highest BCUT2D eigenvalue weighted by Crippen LogP contribution is 2.37. The Morgan fingerprint density at radius 2 is 2.05 bits per heavy atom. The first-order valence-corrected chi connectivity index (χ1v) is 7.79. The van der Waals surface area contributed by atoms with Crippen LogP contribution in [0.4, 0.5) is 0 Å². The van der Waals surface area contributed by atoms with Gasteiger partial charge in [0.2, 0.25) is 0 Å². The van der Waals surface area contributed by atoms with Crippen LogP contribution in [0.5, 0.6) is 0 Å². The molecule has 1 unspecified atom stereocenters. The number of hydrogen-bond donors (Lipinski definition) is 0. The van der Waals surface area contributed by atoms with Gasteiger partial charge in [-0.2, -0.15) is 0 Å². The number of ketones is 1. The van der Waals surface area contributed by atoms with Crippen molar-refractivity contribution in [2.45, 2.75) is 39.0 Å². The number of benzene rings is 1. The number of aryl methyl sites for hydroxylation is 1. The zero-order chi connectivity index (χ0) is 16.3. The SMILES string of the molecule is CC.COC(=O)c1ccc2c(C3CCC(=O)C3)cn(C)c2c1. The second-order valence-electron chi connectivity index (χ2n) is 5.40. The fraction of sp³-hybridized carbons (Fsp3) is 0.444. The largest absolute Gasteiger partial charge is 0.465 e. The molecule has 0 N–H and O–H groups in total. The molecule has 1 heterocycles. The predicted molar refractivity (Wildman–Crippen MR) is 87.2 cm³/mol. The molecule has 1 fully saturated rings. The molecule has 1 aromatic carbocycles. The lowest BCUT2D eigenvalue weighted by Gasteiger charge is -2.06. The number of aromatic nitrogens is 1. The standard InChI is InChI=1S/C16H17NO3.C2H6/c1-17-9-14(10-3-5-12(18)7-10)13-6-4-11(8-15(13)17)16(19)20-2;1-2/h4,6,8-10H,3,5,7H2,1-2H3;1-2H3. The Kier molecular flexibility index (Phi) is 5.01. The maximum absolute atomic E-state index is 11.6. The quantitative estimate of drug-likeness (QED) is 0.792. The number of carbonyl (C=O) groups excluding carboxylic acids is 2. The van der Waals surface area contributed by atoms with Crippen molar-refractivity contribution in [3.8, 4) is 0 Å². The van der Waals surface area contributed by atoms with Crippen molar-refractivity contribution in [3.05, 3.63) is 35.5 Å². The summed E-state index contributed by atoms with van der Waals surface area (Å²) < 4.78 is 6.77. The van der Waals surface area contributed by atoms with E-state index in [4.69, 9.17) is 4.74 Å². The average Bonchev–Trinajstić information content (AvgIpc) is 3.12. The molecule has 1 aromatic heterocycles. The van der Waals surface area contributed by atoms with E-state index in [1.807, 2.05) is 37.6 Å². The number of ether oxygens (including phenoxy) is 1. The first kappa shape index (κ1) is 16.3. The van der Waals surface area contributed by atoms with E-state index in [0.717, 1.165) is 17.3 Å².